The number of ether oxygens (including phenoxy) is 1. The lowest BCUT2D eigenvalue weighted by atomic mass is 10.1. The summed E-state index contributed by atoms with van der Waals surface area (Å²) in [5.74, 6) is 2.49. The van der Waals surface area contributed by atoms with Crippen LogP contribution in [-0.4, -0.2) is 53.2 Å². The van der Waals surface area contributed by atoms with Crippen LogP contribution in [0.5, 0.6) is 5.88 Å². The second-order valence-electron chi connectivity index (χ2n) is 7.48. The molecule has 0 saturated carbocycles. The predicted molar refractivity (Wildman–Crippen MR) is 130 cm³/mol. The number of hydrazone groups is 1. The molecule has 0 aliphatic carbocycles. The van der Waals surface area contributed by atoms with Crippen LogP contribution in [0.2, 0.25) is 5.02 Å². The first-order valence-corrected chi connectivity index (χ1v) is 11.1. The SMILES string of the molecule is CCC#C/C=N\N(C)c1cc(Cl)ccc1C(=O)N(CC)C(C)COc1cnc(C(C)(F)F)cn1. The number of amides is 1. The van der Waals surface area contributed by atoms with E-state index in [1.165, 1.54) is 6.21 Å². The highest BCUT2D eigenvalue weighted by Crippen LogP contribution is 2.27. The summed E-state index contributed by atoms with van der Waals surface area (Å²) in [5, 5.41) is 6.26. The van der Waals surface area contributed by atoms with E-state index in [9.17, 15) is 13.6 Å². The molecule has 2 rings (SSSR count). The monoisotopic (exact) mass is 491 g/mol. The molecule has 1 unspecified atom stereocenters. The largest absolute Gasteiger partial charge is 0.474 e. The van der Waals surface area contributed by atoms with E-state index in [-0.39, 0.29) is 24.4 Å². The average molecular weight is 492 g/mol. The van der Waals surface area contributed by atoms with Gasteiger partial charge in [-0.05, 0) is 32.0 Å². The van der Waals surface area contributed by atoms with Crippen LogP contribution >= 0.6 is 11.6 Å². The van der Waals surface area contributed by atoms with Gasteiger partial charge in [0.15, 0.2) is 0 Å². The third-order valence-corrected chi connectivity index (χ3v) is 5.03. The Bertz CT molecular complexity index is 1060. The average Bonchev–Trinajstić information content (AvgIpc) is 2.80. The Morgan fingerprint density at radius 1 is 1.32 bits per heavy atom. The third kappa shape index (κ3) is 7.39. The number of nitrogens with zero attached hydrogens (tertiary/aromatic N) is 5. The Labute approximate surface area is 203 Å². The van der Waals surface area contributed by atoms with Crippen molar-refractivity contribution in [2.45, 2.75) is 46.1 Å². The van der Waals surface area contributed by atoms with Crippen LogP contribution < -0.4 is 9.75 Å². The maximum atomic E-state index is 13.4. The number of anilines is 1. The Morgan fingerprint density at radius 3 is 2.65 bits per heavy atom. The maximum Gasteiger partial charge on any atom is 0.288 e. The summed E-state index contributed by atoms with van der Waals surface area (Å²) in [5.41, 5.74) is 0.497. The van der Waals surface area contributed by atoms with Gasteiger partial charge in [-0.25, -0.2) is 9.97 Å². The van der Waals surface area contributed by atoms with Crippen molar-refractivity contribution in [3.8, 4) is 17.7 Å². The number of rotatable bonds is 9. The van der Waals surface area contributed by atoms with Gasteiger partial charge in [0.2, 0.25) is 5.88 Å². The predicted octanol–water partition coefficient (Wildman–Crippen LogP) is 5.01. The van der Waals surface area contributed by atoms with E-state index in [2.05, 4.69) is 26.9 Å². The van der Waals surface area contributed by atoms with E-state index >= 15 is 0 Å². The van der Waals surface area contributed by atoms with Gasteiger partial charge in [0, 0.05) is 32.0 Å². The zero-order valence-electron chi connectivity index (χ0n) is 19.8. The molecule has 2 aromatic rings. The lowest BCUT2D eigenvalue weighted by molar-refractivity contribution is 0.0121. The van der Waals surface area contributed by atoms with E-state index < -0.39 is 11.6 Å². The molecule has 1 amide bonds. The van der Waals surface area contributed by atoms with Gasteiger partial charge in [0.25, 0.3) is 11.8 Å². The maximum absolute atomic E-state index is 13.4. The molecule has 182 valence electrons. The summed E-state index contributed by atoms with van der Waals surface area (Å²) < 4.78 is 32.2. The van der Waals surface area contributed by atoms with Crippen LogP contribution in [0, 0.1) is 11.8 Å². The van der Waals surface area contributed by atoms with Crippen LogP contribution in [0.15, 0.2) is 35.7 Å². The summed E-state index contributed by atoms with van der Waals surface area (Å²) in [6, 6.07) is 4.60. The fourth-order valence-corrected chi connectivity index (χ4v) is 3.17. The zero-order valence-corrected chi connectivity index (χ0v) is 20.6. The first kappa shape index (κ1) is 27.0. The van der Waals surface area contributed by atoms with Crippen molar-refractivity contribution in [2.24, 2.45) is 5.10 Å². The van der Waals surface area contributed by atoms with Crippen LogP contribution in [-0.2, 0) is 5.92 Å². The molecule has 0 saturated heterocycles. The van der Waals surface area contributed by atoms with Crippen molar-refractivity contribution in [1.29, 1.82) is 0 Å². The normalized spacial score (nSPS) is 12.1. The van der Waals surface area contributed by atoms with Crippen molar-refractivity contribution in [1.82, 2.24) is 14.9 Å². The van der Waals surface area contributed by atoms with E-state index in [0.717, 1.165) is 19.3 Å². The minimum atomic E-state index is -3.08. The molecule has 0 aliphatic heterocycles. The van der Waals surface area contributed by atoms with Gasteiger partial charge in [-0.15, -0.1) is 0 Å². The molecule has 34 heavy (non-hydrogen) atoms. The molecule has 0 fully saturated rings. The molecule has 1 aromatic carbocycles. The summed E-state index contributed by atoms with van der Waals surface area (Å²) in [7, 11) is 1.71. The molecule has 0 spiro atoms. The van der Waals surface area contributed by atoms with Crippen molar-refractivity contribution in [3.63, 3.8) is 0 Å². The number of hydrogen-bond donors (Lipinski definition) is 0. The number of halogens is 3. The van der Waals surface area contributed by atoms with Gasteiger partial charge >= 0.3 is 0 Å². The van der Waals surface area contributed by atoms with Gasteiger partial charge < -0.3 is 9.64 Å². The molecule has 7 nitrogen and oxygen atoms in total. The number of aromatic nitrogens is 2. The number of carbonyl (C=O) groups is 1. The summed E-state index contributed by atoms with van der Waals surface area (Å²) in [6.45, 7) is 6.86. The van der Waals surface area contributed by atoms with Gasteiger partial charge in [0.1, 0.15) is 12.3 Å². The smallest absolute Gasteiger partial charge is 0.288 e. The van der Waals surface area contributed by atoms with E-state index in [4.69, 9.17) is 16.3 Å². The summed E-state index contributed by atoms with van der Waals surface area (Å²) in [6.07, 6.45) is 4.30. The van der Waals surface area contributed by atoms with Crippen LogP contribution in [0.1, 0.15) is 50.2 Å². The standard InChI is InChI=1S/C24H28ClF2N5O2/c1-6-8-9-12-30-31(5)20-13-18(25)10-11-19(20)23(33)32(7-2)17(3)16-34-22-15-28-21(14-29-22)24(4,26)27/h10-15,17H,6-7,16H2,1-5H3/b30-12-. The van der Waals surface area contributed by atoms with E-state index in [1.54, 1.807) is 35.2 Å². The number of alkyl halides is 2. The highest BCUT2D eigenvalue weighted by Gasteiger charge is 2.27. The number of likely N-dealkylation sites (N-methyl/N-ethyl adjacent to an activating group) is 1. The Morgan fingerprint density at radius 2 is 2.06 bits per heavy atom. The first-order chi connectivity index (χ1) is 16.1. The van der Waals surface area contributed by atoms with Crippen LogP contribution in [0.3, 0.4) is 0 Å². The van der Waals surface area contributed by atoms with Crippen molar-refractivity contribution >= 4 is 29.4 Å². The van der Waals surface area contributed by atoms with Crippen LogP contribution in [0.25, 0.3) is 0 Å². The molecule has 0 N–H and O–H groups in total. The fourth-order valence-electron chi connectivity index (χ4n) is 3.00. The second-order valence-corrected chi connectivity index (χ2v) is 7.92. The second kappa shape index (κ2) is 12.3. The van der Waals surface area contributed by atoms with Gasteiger partial charge in [-0.1, -0.05) is 30.4 Å². The van der Waals surface area contributed by atoms with Crippen molar-refractivity contribution in [3.05, 3.63) is 46.9 Å². The molecule has 1 aromatic heterocycles. The minimum absolute atomic E-state index is 0.0952. The lowest BCUT2D eigenvalue weighted by Gasteiger charge is -2.29. The molecule has 1 heterocycles. The van der Waals surface area contributed by atoms with E-state index in [1.807, 2.05) is 20.8 Å². The summed E-state index contributed by atoms with van der Waals surface area (Å²) in [4.78, 5) is 22.6. The Hall–Kier alpha value is -3.25. The molecular formula is C24H28ClF2N5O2. The van der Waals surface area contributed by atoms with Crippen LogP contribution in [0.4, 0.5) is 14.5 Å². The summed E-state index contributed by atoms with van der Waals surface area (Å²) >= 11 is 6.17. The fraction of sp³-hybridized carbons (Fsp3) is 0.417. The minimum Gasteiger partial charge on any atom is -0.474 e. The number of benzene rings is 1. The van der Waals surface area contributed by atoms with Gasteiger partial charge in [-0.3, -0.25) is 9.80 Å². The van der Waals surface area contributed by atoms with E-state index in [0.29, 0.717) is 29.2 Å². The zero-order chi connectivity index (χ0) is 25.3. The molecular weight excluding hydrogens is 464 g/mol. The van der Waals surface area contributed by atoms with Crippen molar-refractivity contribution < 1.29 is 18.3 Å². The highest BCUT2D eigenvalue weighted by atomic mass is 35.5. The lowest BCUT2D eigenvalue weighted by Crippen LogP contribution is -2.42. The quantitative estimate of drug-likeness (QED) is 0.280. The molecule has 10 heteroatoms. The third-order valence-electron chi connectivity index (χ3n) is 4.80. The molecule has 0 bridgehead atoms. The number of carbonyl (C=O) groups excluding carboxylic acids is 1. The molecule has 0 radical (unpaired) electrons. The highest BCUT2D eigenvalue weighted by molar-refractivity contribution is 6.31. The Kier molecular flexibility index (Phi) is 9.75. The molecule has 0 aliphatic rings. The van der Waals surface area contributed by atoms with Crippen molar-refractivity contribution in [2.75, 3.05) is 25.2 Å². The van der Waals surface area contributed by atoms with Gasteiger partial charge in [0.05, 0.1) is 35.9 Å². The number of hydrogen-bond acceptors (Lipinski definition) is 6. The first-order valence-electron chi connectivity index (χ1n) is 10.8. The topological polar surface area (TPSA) is 70.9 Å². The Balaban J connectivity index is 2.17. The van der Waals surface area contributed by atoms with Gasteiger partial charge in [-0.2, -0.15) is 13.9 Å². The molecule has 1 atom stereocenters.